The van der Waals surface area contributed by atoms with Crippen molar-refractivity contribution in [3.05, 3.63) is 83.6 Å². The summed E-state index contributed by atoms with van der Waals surface area (Å²) in [4.78, 5) is 22.7. The van der Waals surface area contributed by atoms with Crippen LogP contribution >= 0.6 is 0 Å². The number of rotatable bonds is 6. The molecule has 1 aromatic heterocycles. The minimum absolute atomic E-state index is 0.0562. The maximum absolute atomic E-state index is 13.2. The van der Waals surface area contributed by atoms with Gasteiger partial charge in [-0.15, -0.1) is 0 Å². The van der Waals surface area contributed by atoms with E-state index in [1.54, 1.807) is 54.6 Å². The first-order valence-corrected chi connectivity index (χ1v) is 10.2. The Morgan fingerprint density at radius 3 is 2.41 bits per heavy atom. The zero-order valence-corrected chi connectivity index (χ0v) is 16.7. The van der Waals surface area contributed by atoms with Crippen molar-refractivity contribution in [3.63, 3.8) is 0 Å². The molecule has 0 unspecified atom stereocenters. The second-order valence-corrected chi connectivity index (χ2v) is 8.11. The lowest BCUT2D eigenvalue weighted by Crippen LogP contribution is -2.11. The number of allylic oxidation sites excluding steroid dienone is 1. The summed E-state index contributed by atoms with van der Waals surface area (Å²) in [5.41, 5.74) is 2.10. The zero-order valence-electron chi connectivity index (χ0n) is 15.9. The van der Waals surface area contributed by atoms with Crippen LogP contribution in [0.3, 0.4) is 0 Å². The summed E-state index contributed by atoms with van der Waals surface area (Å²) in [5, 5.41) is 0.690. The molecule has 0 aliphatic rings. The average Bonchev–Trinajstić information content (AvgIpc) is 3.10. The number of methoxy groups -OCH3 is 1. The van der Waals surface area contributed by atoms with E-state index in [1.807, 2.05) is 6.92 Å². The highest BCUT2D eigenvalue weighted by Crippen LogP contribution is 2.27. The van der Waals surface area contributed by atoms with Gasteiger partial charge < -0.3 is 4.74 Å². The van der Waals surface area contributed by atoms with Crippen LogP contribution in [0.2, 0.25) is 0 Å². The molecule has 3 aromatic rings. The van der Waals surface area contributed by atoms with E-state index in [0.717, 1.165) is 11.6 Å². The van der Waals surface area contributed by atoms with Gasteiger partial charge in [-0.25, -0.2) is 17.2 Å². The van der Waals surface area contributed by atoms with Gasteiger partial charge >= 0.3 is 5.97 Å². The topological polar surface area (TPSA) is 82.4 Å². The Labute approximate surface area is 168 Å². The fraction of sp³-hybridized carbons (Fsp3) is 0.0909. The molecule has 0 spiro atoms. The maximum atomic E-state index is 13.2. The summed E-state index contributed by atoms with van der Waals surface area (Å²) in [7, 11) is -2.59. The Bertz CT molecular complexity index is 1230. The number of carbonyl (C=O) groups is 2. The Balaban J connectivity index is 2.14. The number of ether oxygens (including phenoxy) is 1. The Kier molecular flexibility index (Phi) is 5.79. The fourth-order valence-corrected chi connectivity index (χ4v) is 4.27. The minimum atomic E-state index is -3.81. The van der Waals surface area contributed by atoms with Crippen molar-refractivity contribution in [2.45, 2.75) is 11.8 Å². The Hall–Kier alpha value is -3.45. The van der Waals surface area contributed by atoms with Crippen LogP contribution in [0.1, 0.15) is 11.1 Å². The van der Waals surface area contributed by atoms with E-state index in [9.17, 15) is 18.0 Å². The van der Waals surface area contributed by atoms with Crippen LogP contribution in [0.15, 0.2) is 77.3 Å². The summed E-state index contributed by atoms with van der Waals surface area (Å²) in [6.07, 6.45) is 6.07. The van der Waals surface area contributed by atoms with Crippen molar-refractivity contribution in [1.82, 2.24) is 3.97 Å². The van der Waals surface area contributed by atoms with Crippen LogP contribution < -0.4 is 0 Å². The summed E-state index contributed by atoms with van der Waals surface area (Å²) in [6.45, 7) is 1.89. The third-order valence-electron chi connectivity index (χ3n) is 4.40. The van der Waals surface area contributed by atoms with Gasteiger partial charge in [0.1, 0.15) is 6.29 Å². The molecule has 0 saturated heterocycles. The molecule has 1 heterocycles. The highest BCUT2D eigenvalue weighted by Gasteiger charge is 2.20. The molecule has 2 aromatic carbocycles. The third-order valence-corrected chi connectivity index (χ3v) is 6.09. The zero-order chi connectivity index (χ0) is 21.0. The van der Waals surface area contributed by atoms with Crippen LogP contribution in [0.25, 0.3) is 17.0 Å². The molecule has 0 radical (unpaired) electrons. The van der Waals surface area contributed by atoms with E-state index in [-0.39, 0.29) is 10.5 Å². The van der Waals surface area contributed by atoms with E-state index in [0.29, 0.717) is 22.8 Å². The molecule has 6 nitrogen and oxygen atoms in total. The van der Waals surface area contributed by atoms with Gasteiger partial charge in [-0.2, -0.15) is 0 Å². The van der Waals surface area contributed by atoms with Gasteiger partial charge in [0.15, 0.2) is 0 Å². The first-order valence-electron chi connectivity index (χ1n) is 8.72. The largest absolute Gasteiger partial charge is 0.465 e. The lowest BCUT2D eigenvalue weighted by atomic mass is 10.1. The SMILES string of the molecule is COC(=O)C(=C\C=O)/C=C/c1cn(S(=O)(=O)c2ccc(C)cc2)c2ccccc12. The fourth-order valence-electron chi connectivity index (χ4n) is 2.89. The number of nitrogens with zero attached hydrogens (tertiary/aromatic N) is 1. The molecular formula is C22H19NO5S. The summed E-state index contributed by atoms with van der Waals surface area (Å²) < 4.78 is 32.2. The first-order chi connectivity index (χ1) is 13.9. The van der Waals surface area contributed by atoms with Crippen LogP contribution in [-0.4, -0.2) is 31.8 Å². The average molecular weight is 409 g/mol. The van der Waals surface area contributed by atoms with E-state index >= 15 is 0 Å². The molecular weight excluding hydrogens is 390 g/mol. The lowest BCUT2D eigenvalue weighted by Gasteiger charge is -2.07. The van der Waals surface area contributed by atoms with Crippen LogP contribution in [0.5, 0.6) is 0 Å². The van der Waals surface area contributed by atoms with Crippen LogP contribution in [0, 0.1) is 6.92 Å². The maximum Gasteiger partial charge on any atom is 0.337 e. The highest BCUT2D eigenvalue weighted by atomic mass is 32.2. The molecule has 0 N–H and O–H groups in total. The number of benzene rings is 2. The minimum Gasteiger partial charge on any atom is -0.465 e. The molecule has 29 heavy (non-hydrogen) atoms. The number of para-hydroxylation sites is 1. The standard InChI is InChI=1S/C22H19NO5S/c1-16-7-11-19(12-8-16)29(26,27)23-15-18(20-5-3-4-6-21(20)23)10-9-17(13-14-24)22(25)28-2/h3-15H,1-2H3/b10-9+,17-13-. The van der Waals surface area contributed by atoms with Gasteiger partial charge in [0.2, 0.25) is 0 Å². The molecule has 3 rings (SSSR count). The number of aryl methyl sites for hydroxylation is 1. The van der Waals surface area contributed by atoms with E-state index < -0.39 is 16.0 Å². The van der Waals surface area contributed by atoms with Crippen LogP contribution in [-0.2, 0) is 24.3 Å². The van der Waals surface area contributed by atoms with Gasteiger partial charge in [0.25, 0.3) is 10.0 Å². The molecule has 0 fully saturated rings. The van der Waals surface area contributed by atoms with Gasteiger partial charge in [0, 0.05) is 17.1 Å². The number of esters is 1. The van der Waals surface area contributed by atoms with Gasteiger partial charge in [-0.3, -0.25) is 4.79 Å². The number of aldehydes is 1. The molecule has 0 atom stereocenters. The highest BCUT2D eigenvalue weighted by molar-refractivity contribution is 7.90. The van der Waals surface area contributed by atoms with E-state index in [1.165, 1.54) is 23.4 Å². The molecule has 0 bridgehead atoms. The third kappa shape index (κ3) is 4.05. The molecule has 7 heteroatoms. The first kappa shape index (κ1) is 20.3. The lowest BCUT2D eigenvalue weighted by molar-refractivity contribution is -0.135. The van der Waals surface area contributed by atoms with Gasteiger partial charge in [0.05, 0.1) is 23.1 Å². The molecule has 0 aliphatic heterocycles. The summed E-state index contributed by atoms with van der Waals surface area (Å²) >= 11 is 0. The molecule has 0 saturated carbocycles. The molecule has 0 aliphatic carbocycles. The van der Waals surface area contributed by atoms with Crippen molar-refractivity contribution in [2.24, 2.45) is 0 Å². The van der Waals surface area contributed by atoms with Crippen molar-refractivity contribution in [3.8, 4) is 0 Å². The number of hydrogen-bond acceptors (Lipinski definition) is 5. The van der Waals surface area contributed by atoms with Gasteiger partial charge in [-0.05, 0) is 37.3 Å². The monoisotopic (exact) mass is 409 g/mol. The van der Waals surface area contributed by atoms with Crippen molar-refractivity contribution in [2.75, 3.05) is 7.11 Å². The van der Waals surface area contributed by atoms with Crippen LogP contribution in [0.4, 0.5) is 0 Å². The predicted molar refractivity (Wildman–Crippen MR) is 111 cm³/mol. The molecule has 148 valence electrons. The second kappa shape index (κ2) is 8.28. The van der Waals surface area contributed by atoms with E-state index in [2.05, 4.69) is 4.74 Å². The quantitative estimate of drug-likeness (QED) is 0.269. The van der Waals surface area contributed by atoms with Gasteiger partial charge in [-0.1, -0.05) is 42.0 Å². The van der Waals surface area contributed by atoms with Crippen molar-refractivity contribution < 1.29 is 22.7 Å². The number of fused-ring (bicyclic) bond motifs is 1. The summed E-state index contributed by atoms with van der Waals surface area (Å²) in [5.74, 6) is -0.663. The smallest absolute Gasteiger partial charge is 0.337 e. The second-order valence-electron chi connectivity index (χ2n) is 6.30. The Morgan fingerprint density at radius 2 is 1.76 bits per heavy atom. The van der Waals surface area contributed by atoms with Crippen molar-refractivity contribution >= 4 is 39.3 Å². The number of aromatic nitrogens is 1. The molecule has 0 amide bonds. The number of carbonyl (C=O) groups excluding carboxylic acids is 2. The number of hydrogen-bond donors (Lipinski definition) is 0. The normalized spacial score (nSPS) is 12.4. The predicted octanol–water partition coefficient (Wildman–Crippen LogP) is 3.50. The Morgan fingerprint density at radius 1 is 1.07 bits per heavy atom. The summed E-state index contributed by atoms with van der Waals surface area (Å²) in [6, 6.07) is 13.7. The van der Waals surface area contributed by atoms with Crippen molar-refractivity contribution in [1.29, 1.82) is 0 Å². The van der Waals surface area contributed by atoms with E-state index in [4.69, 9.17) is 0 Å².